The van der Waals surface area contributed by atoms with Gasteiger partial charge in [-0.25, -0.2) is 0 Å². The van der Waals surface area contributed by atoms with Crippen LogP contribution in [0.25, 0.3) is 0 Å². The Bertz CT molecular complexity index is 321. The van der Waals surface area contributed by atoms with Crippen LogP contribution in [0.2, 0.25) is 0 Å². The zero-order valence-corrected chi connectivity index (χ0v) is 8.38. The summed E-state index contributed by atoms with van der Waals surface area (Å²) in [5.74, 6) is 0. The molecule has 0 heteroatoms. The van der Waals surface area contributed by atoms with Gasteiger partial charge in [0.05, 0.1) is 0 Å². The lowest BCUT2D eigenvalue weighted by atomic mass is 9.98. The van der Waals surface area contributed by atoms with Crippen molar-refractivity contribution in [1.82, 2.24) is 0 Å². The van der Waals surface area contributed by atoms with Gasteiger partial charge in [0.15, 0.2) is 0 Å². The Morgan fingerprint density at radius 2 is 2.00 bits per heavy atom. The molecule has 0 radical (unpaired) electrons. The second-order valence-corrected chi connectivity index (χ2v) is 4.21. The summed E-state index contributed by atoms with van der Waals surface area (Å²) in [6.07, 6.45) is 4.76. The first-order valence-electron chi connectivity index (χ1n) is 4.94. The minimum atomic E-state index is 0.482. The smallest absolute Gasteiger partial charge is 0.00385 e. The van der Waals surface area contributed by atoms with E-state index < -0.39 is 0 Å². The molecule has 1 aliphatic carbocycles. The predicted molar refractivity (Wildman–Crippen MR) is 56.6 cm³/mol. The molecule has 2 rings (SSSR count). The van der Waals surface area contributed by atoms with Crippen LogP contribution in [0.1, 0.15) is 25.8 Å². The van der Waals surface area contributed by atoms with Crippen LogP contribution in [0.4, 0.5) is 0 Å². The van der Waals surface area contributed by atoms with E-state index in [0.717, 1.165) is 0 Å². The van der Waals surface area contributed by atoms with Crippen molar-refractivity contribution in [2.75, 3.05) is 0 Å². The maximum Gasteiger partial charge on any atom is -0.00385 e. The van der Waals surface area contributed by atoms with Gasteiger partial charge in [-0.15, -0.1) is 0 Å². The summed E-state index contributed by atoms with van der Waals surface area (Å²) >= 11 is 0. The van der Waals surface area contributed by atoms with Crippen molar-refractivity contribution >= 4 is 0 Å². The molecule has 0 aliphatic heterocycles. The van der Waals surface area contributed by atoms with Gasteiger partial charge >= 0.3 is 0 Å². The third-order valence-electron chi connectivity index (χ3n) is 3.02. The maximum absolute atomic E-state index is 2.36. The Labute approximate surface area is 80.3 Å². The van der Waals surface area contributed by atoms with Crippen LogP contribution in [0, 0.1) is 5.41 Å². The number of benzene rings is 1. The topological polar surface area (TPSA) is 0 Å². The first-order valence-corrected chi connectivity index (χ1v) is 4.94. The quantitative estimate of drug-likeness (QED) is 0.598. The molecule has 0 heterocycles. The van der Waals surface area contributed by atoms with E-state index in [1.165, 1.54) is 18.4 Å². The second kappa shape index (κ2) is 3.02. The highest BCUT2D eigenvalue weighted by molar-refractivity contribution is 5.34. The Morgan fingerprint density at radius 3 is 2.54 bits per heavy atom. The average Bonchev–Trinajstić information content (AvgIpc) is 2.78. The zero-order valence-electron chi connectivity index (χ0n) is 8.38. The van der Waals surface area contributed by atoms with Crippen LogP contribution in [0.15, 0.2) is 42.0 Å². The van der Waals surface area contributed by atoms with Crippen molar-refractivity contribution in [3.63, 3.8) is 0 Å². The molecule has 1 aromatic rings. The average molecular weight is 172 g/mol. The lowest BCUT2D eigenvalue weighted by Crippen LogP contribution is -1.98. The maximum atomic E-state index is 2.36. The largest absolute Gasteiger partial charge is 0.0878 e. The summed E-state index contributed by atoms with van der Waals surface area (Å²) < 4.78 is 0. The van der Waals surface area contributed by atoms with Gasteiger partial charge in [0.25, 0.3) is 0 Å². The molecule has 1 saturated carbocycles. The molecule has 1 aliphatic rings. The molecule has 0 amide bonds. The van der Waals surface area contributed by atoms with E-state index in [9.17, 15) is 0 Å². The summed E-state index contributed by atoms with van der Waals surface area (Å²) in [5, 5.41) is 0. The van der Waals surface area contributed by atoms with E-state index in [1.54, 1.807) is 5.57 Å². The summed E-state index contributed by atoms with van der Waals surface area (Å²) in [6, 6.07) is 10.8. The highest BCUT2D eigenvalue weighted by atomic mass is 14.5. The Morgan fingerprint density at radius 1 is 1.31 bits per heavy atom. The molecular formula is C13H16. The number of allylic oxidation sites excluding steroid dienone is 2. The van der Waals surface area contributed by atoms with Crippen molar-refractivity contribution in [1.29, 1.82) is 0 Å². The first kappa shape index (κ1) is 8.55. The van der Waals surface area contributed by atoms with E-state index in [4.69, 9.17) is 0 Å². The summed E-state index contributed by atoms with van der Waals surface area (Å²) in [4.78, 5) is 0. The van der Waals surface area contributed by atoms with Crippen LogP contribution in [0.5, 0.6) is 0 Å². The fraction of sp³-hybridized carbons (Fsp3) is 0.385. The molecule has 0 saturated heterocycles. The zero-order chi connectivity index (χ0) is 9.31. The van der Waals surface area contributed by atoms with Gasteiger partial charge in [-0.2, -0.15) is 0 Å². The fourth-order valence-electron chi connectivity index (χ4n) is 2.05. The fourth-order valence-corrected chi connectivity index (χ4v) is 2.05. The molecule has 0 spiro atoms. The van der Waals surface area contributed by atoms with E-state index in [2.05, 4.69) is 50.3 Å². The lowest BCUT2D eigenvalue weighted by Gasteiger charge is -2.07. The van der Waals surface area contributed by atoms with Crippen LogP contribution >= 0.6 is 0 Å². The molecule has 13 heavy (non-hydrogen) atoms. The molecule has 0 unspecified atom stereocenters. The number of hydrogen-bond donors (Lipinski definition) is 0. The van der Waals surface area contributed by atoms with Gasteiger partial charge in [0.1, 0.15) is 0 Å². The van der Waals surface area contributed by atoms with Crippen LogP contribution in [0.3, 0.4) is 0 Å². The van der Waals surface area contributed by atoms with Gasteiger partial charge < -0.3 is 0 Å². The summed E-state index contributed by atoms with van der Waals surface area (Å²) in [7, 11) is 0. The van der Waals surface area contributed by atoms with Gasteiger partial charge in [-0.1, -0.05) is 48.9 Å². The highest BCUT2D eigenvalue weighted by Crippen LogP contribution is 2.53. The van der Waals surface area contributed by atoms with Crippen molar-refractivity contribution < 1.29 is 0 Å². The van der Waals surface area contributed by atoms with E-state index >= 15 is 0 Å². The molecule has 0 nitrogen and oxygen atoms in total. The molecule has 0 aromatic heterocycles. The highest BCUT2D eigenvalue weighted by Gasteiger charge is 2.42. The molecule has 1 fully saturated rings. The molecule has 0 bridgehead atoms. The van der Waals surface area contributed by atoms with E-state index in [1.807, 2.05) is 0 Å². The number of rotatable bonds is 2. The summed E-state index contributed by atoms with van der Waals surface area (Å²) in [5.41, 5.74) is 3.56. The molecule has 68 valence electrons. The van der Waals surface area contributed by atoms with Crippen LogP contribution in [-0.4, -0.2) is 0 Å². The van der Waals surface area contributed by atoms with Crippen LogP contribution in [-0.2, 0) is 6.42 Å². The van der Waals surface area contributed by atoms with Gasteiger partial charge in [0.2, 0.25) is 0 Å². The SMILES string of the molecule is C/C=C1\C[C@]1(C)Cc1ccccc1. The third-order valence-corrected chi connectivity index (χ3v) is 3.02. The van der Waals surface area contributed by atoms with Crippen molar-refractivity contribution in [3.8, 4) is 0 Å². The number of hydrogen-bond acceptors (Lipinski definition) is 0. The lowest BCUT2D eigenvalue weighted by molar-refractivity contribution is 0.599. The minimum Gasteiger partial charge on any atom is -0.0878 e. The van der Waals surface area contributed by atoms with Crippen LogP contribution < -0.4 is 0 Å². The van der Waals surface area contributed by atoms with Crippen molar-refractivity contribution in [3.05, 3.63) is 47.5 Å². The Hall–Kier alpha value is -1.04. The van der Waals surface area contributed by atoms with Crippen molar-refractivity contribution in [2.24, 2.45) is 5.41 Å². The van der Waals surface area contributed by atoms with Crippen molar-refractivity contribution in [2.45, 2.75) is 26.7 Å². The van der Waals surface area contributed by atoms with Gasteiger partial charge in [-0.05, 0) is 30.7 Å². The van der Waals surface area contributed by atoms with E-state index in [-0.39, 0.29) is 0 Å². The minimum absolute atomic E-state index is 0.482. The standard InChI is InChI=1S/C13H16/c1-3-12-10-13(12,2)9-11-7-5-4-6-8-11/h3-8H,9-10H2,1-2H3/b12-3+/t13-/m0/s1. The Balaban J connectivity index is 2.09. The normalized spacial score (nSPS) is 29.2. The van der Waals surface area contributed by atoms with E-state index in [0.29, 0.717) is 5.41 Å². The molecular weight excluding hydrogens is 156 g/mol. The predicted octanol–water partition coefficient (Wildman–Crippen LogP) is 3.59. The monoisotopic (exact) mass is 172 g/mol. The molecule has 0 N–H and O–H groups in total. The Kier molecular flexibility index (Phi) is 1.99. The summed E-state index contributed by atoms with van der Waals surface area (Å²) in [6.45, 7) is 4.50. The van der Waals surface area contributed by atoms with Gasteiger partial charge in [-0.3, -0.25) is 0 Å². The van der Waals surface area contributed by atoms with Gasteiger partial charge in [0, 0.05) is 0 Å². The second-order valence-electron chi connectivity index (χ2n) is 4.21. The first-order chi connectivity index (χ1) is 6.24. The molecule has 1 aromatic carbocycles. The molecule has 1 atom stereocenters. The third kappa shape index (κ3) is 1.67.